The molecule has 1 aromatic rings. The number of likely N-dealkylation sites (tertiary alicyclic amines) is 1. The summed E-state index contributed by atoms with van der Waals surface area (Å²) in [6, 6.07) is 5.01. The van der Waals surface area contributed by atoms with Crippen LogP contribution in [0.25, 0.3) is 0 Å². The second-order valence-corrected chi connectivity index (χ2v) is 7.17. The highest BCUT2D eigenvalue weighted by Crippen LogP contribution is 2.40. The van der Waals surface area contributed by atoms with Crippen LogP contribution in [-0.4, -0.2) is 41.3 Å². The summed E-state index contributed by atoms with van der Waals surface area (Å²) in [7, 11) is 0. The Morgan fingerprint density at radius 2 is 1.76 bits per heavy atom. The van der Waals surface area contributed by atoms with Gasteiger partial charge in [-0.3, -0.25) is 4.79 Å². The third kappa shape index (κ3) is 3.72. The van der Waals surface area contributed by atoms with E-state index < -0.39 is 29.0 Å². The number of rotatable bonds is 3. The van der Waals surface area contributed by atoms with Crippen molar-refractivity contribution >= 4 is 17.7 Å². The minimum Gasteiger partial charge on any atom is -0.481 e. The molecule has 0 aliphatic carbocycles. The molecule has 1 aromatic carbocycles. The van der Waals surface area contributed by atoms with Crippen molar-refractivity contribution in [2.45, 2.75) is 38.8 Å². The Balaban J connectivity index is 2.05. The average molecular weight is 358 g/mol. The van der Waals surface area contributed by atoms with Gasteiger partial charge in [0.25, 0.3) is 0 Å². The van der Waals surface area contributed by atoms with Crippen LogP contribution in [0, 0.1) is 5.41 Å². The lowest BCUT2D eigenvalue weighted by atomic mass is 9.84. The third-order valence-electron chi connectivity index (χ3n) is 4.84. The molecule has 0 saturated carbocycles. The van der Waals surface area contributed by atoms with Crippen molar-refractivity contribution in [2.24, 2.45) is 5.41 Å². The van der Waals surface area contributed by atoms with Gasteiger partial charge in [0.1, 0.15) is 0 Å². The Morgan fingerprint density at radius 3 is 2.20 bits per heavy atom. The van der Waals surface area contributed by atoms with Gasteiger partial charge in [0.15, 0.2) is 0 Å². The van der Waals surface area contributed by atoms with E-state index in [1.165, 1.54) is 29.2 Å². The zero-order valence-electron chi connectivity index (χ0n) is 14.3. The van der Waals surface area contributed by atoms with Crippen LogP contribution in [0.5, 0.6) is 0 Å². The average Bonchev–Trinajstić information content (AvgIpc) is 2.91. The molecule has 1 unspecified atom stereocenters. The van der Waals surface area contributed by atoms with E-state index in [4.69, 9.17) is 0 Å². The number of halogens is 3. The van der Waals surface area contributed by atoms with Crippen LogP contribution in [0.3, 0.4) is 0 Å². The summed E-state index contributed by atoms with van der Waals surface area (Å²) in [5.41, 5.74) is -2.51. The van der Waals surface area contributed by atoms with E-state index in [1.807, 2.05) is 0 Å². The minimum atomic E-state index is -4.38. The zero-order valence-corrected chi connectivity index (χ0v) is 14.3. The maximum absolute atomic E-state index is 13.0. The third-order valence-corrected chi connectivity index (χ3v) is 4.84. The van der Waals surface area contributed by atoms with Gasteiger partial charge in [-0.15, -0.1) is 0 Å². The van der Waals surface area contributed by atoms with Crippen molar-refractivity contribution in [1.29, 1.82) is 0 Å². The monoisotopic (exact) mass is 358 g/mol. The van der Waals surface area contributed by atoms with E-state index in [1.54, 1.807) is 6.92 Å². The van der Waals surface area contributed by atoms with Crippen molar-refractivity contribution in [1.82, 2.24) is 4.90 Å². The Kier molecular flexibility index (Phi) is 4.76. The molecule has 8 heteroatoms. The fraction of sp³-hybridized carbons (Fsp3) is 0.529. The molecule has 2 rings (SSSR count). The summed E-state index contributed by atoms with van der Waals surface area (Å²) in [6.45, 7) is 4.17. The van der Waals surface area contributed by atoms with Crippen LogP contribution in [0.4, 0.5) is 23.7 Å². The Bertz CT molecular complexity index is 671. The molecule has 25 heavy (non-hydrogen) atoms. The first kappa shape index (κ1) is 19.1. The highest BCUT2D eigenvalue weighted by Gasteiger charge is 2.48. The number of aliphatic carboxylic acids is 1. The predicted molar refractivity (Wildman–Crippen MR) is 86.5 cm³/mol. The quantitative estimate of drug-likeness (QED) is 0.862. The molecule has 2 amide bonds. The van der Waals surface area contributed by atoms with Gasteiger partial charge in [-0.2, -0.15) is 13.2 Å². The van der Waals surface area contributed by atoms with E-state index in [9.17, 15) is 27.9 Å². The van der Waals surface area contributed by atoms with Crippen LogP contribution in [0.15, 0.2) is 24.3 Å². The Labute approximate surface area is 143 Å². The molecule has 1 fully saturated rings. The van der Waals surface area contributed by atoms with Gasteiger partial charge >= 0.3 is 18.2 Å². The number of hydrogen-bond acceptors (Lipinski definition) is 2. The number of carboxylic acids is 1. The molecular weight excluding hydrogens is 337 g/mol. The van der Waals surface area contributed by atoms with Gasteiger partial charge in [0, 0.05) is 18.8 Å². The van der Waals surface area contributed by atoms with Crippen LogP contribution in [0.2, 0.25) is 0 Å². The number of urea groups is 1. The molecule has 5 nitrogen and oxygen atoms in total. The number of hydrogen-bond donors (Lipinski definition) is 2. The van der Waals surface area contributed by atoms with Gasteiger partial charge < -0.3 is 15.3 Å². The van der Waals surface area contributed by atoms with Crippen molar-refractivity contribution in [3.63, 3.8) is 0 Å². The molecule has 138 valence electrons. The fourth-order valence-corrected chi connectivity index (χ4v) is 2.65. The molecule has 0 spiro atoms. The van der Waals surface area contributed by atoms with E-state index in [2.05, 4.69) is 5.32 Å². The molecule has 0 aromatic heterocycles. The number of nitrogens with one attached hydrogen (secondary N) is 1. The van der Waals surface area contributed by atoms with Crippen LogP contribution in [0.1, 0.15) is 32.8 Å². The number of nitrogens with zero attached hydrogens (tertiary/aromatic N) is 1. The number of anilines is 1. The van der Waals surface area contributed by atoms with E-state index in [-0.39, 0.29) is 12.1 Å². The lowest BCUT2D eigenvalue weighted by molar-refractivity contribution is -0.180. The fourth-order valence-electron chi connectivity index (χ4n) is 2.65. The summed E-state index contributed by atoms with van der Waals surface area (Å²) in [6.07, 6.45) is -4.02. The highest BCUT2D eigenvalue weighted by atomic mass is 19.4. The number of benzene rings is 1. The van der Waals surface area contributed by atoms with E-state index in [0.29, 0.717) is 18.7 Å². The summed E-state index contributed by atoms with van der Waals surface area (Å²) in [5.74, 6) is -0.957. The Morgan fingerprint density at radius 1 is 1.20 bits per heavy atom. The summed E-state index contributed by atoms with van der Waals surface area (Å²) >= 11 is 0. The molecule has 2 N–H and O–H groups in total. The molecule has 1 saturated heterocycles. The van der Waals surface area contributed by atoms with Crippen LogP contribution in [-0.2, 0) is 10.2 Å². The van der Waals surface area contributed by atoms with Gasteiger partial charge in [-0.25, -0.2) is 4.79 Å². The number of carboxylic acid groups (broad SMARTS) is 1. The number of carbonyl (C=O) groups excluding carboxylic acids is 1. The van der Waals surface area contributed by atoms with Crippen molar-refractivity contribution in [2.75, 3.05) is 18.4 Å². The van der Waals surface area contributed by atoms with Crippen LogP contribution < -0.4 is 5.32 Å². The van der Waals surface area contributed by atoms with E-state index in [0.717, 1.165) is 13.8 Å². The molecule has 0 bridgehead atoms. The number of alkyl halides is 3. The molecule has 0 radical (unpaired) electrons. The smallest absolute Gasteiger partial charge is 0.397 e. The van der Waals surface area contributed by atoms with Crippen LogP contribution >= 0.6 is 0 Å². The summed E-state index contributed by atoms with van der Waals surface area (Å²) < 4.78 is 39.1. The molecular formula is C17H21F3N2O3. The topological polar surface area (TPSA) is 69.6 Å². The van der Waals surface area contributed by atoms with E-state index >= 15 is 0 Å². The minimum absolute atomic E-state index is 0.0906. The lowest BCUT2D eigenvalue weighted by Gasteiger charge is -2.28. The summed E-state index contributed by atoms with van der Waals surface area (Å²) in [5, 5.41) is 11.8. The second kappa shape index (κ2) is 6.24. The molecule has 1 aliphatic rings. The second-order valence-electron chi connectivity index (χ2n) is 7.17. The number of amides is 2. The lowest BCUT2D eigenvalue weighted by Crippen LogP contribution is -2.37. The first-order valence-corrected chi connectivity index (χ1v) is 7.83. The van der Waals surface area contributed by atoms with Gasteiger partial charge in [0.05, 0.1) is 10.8 Å². The largest absolute Gasteiger partial charge is 0.481 e. The summed E-state index contributed by atoms with van der Waals surface area (Å²) in [4.78, 5) is 24.8. The van der Waals surface area contributed by atoms with Crippen molar-refractivity contribution in [3.8, 4) is 0 Å². The first-order valence-electron chi connectivity index (χ1n) is 7.83. The maximum atomic E-state index is 13.0. The van der Waals surface area contributed by atoms with Gasteiger partial charge in [-0.05, 0) is 44.9 Å². The van der Waals surface area contributed by atoms with Gasteiger partial charge in [0.2, 0.25) is 0 Å². The standard InChI is InChI=1S/C17H21F3N2O3/c1-15(2,17(18,19)20)11-4-6-12(7-5-11)21-14(25)22-9-8-16(3,10-22)13(23)24/h4-7H,8-10H2,1-3H3,(H,21,25)(H,23,24). The maximum Gasteiger partial charge on any atom is 0.397 e. The SMILES string of the molecule is CC1(C(=O)O)CCN(C(=O)Nc2ccc(C(C)(C)C(F)(F)F)cc2)C1. The molecule has 1 heterocycles. The molecule has 1 atom stereocenters. The molecule has 1 aliphatic heterocycles. The highest BCUT2D eigenvalue weighted by molar-refractivity contribution is 5.90. The van der Waals surface area contributed by atoms with Crippen molar-refractivity contribution in [3.05, 3.63) is 29.8 Å². The number of carbonyl (C=O) groups is 2. The zero-order chi connectivity index (χ0) is 19.0. The van der Waals surface area contributed by atoms with Crippen molar-refractivity contribution < 1.29 is 27.9 Å². The predicted octanol–water partition coefficient (Wildman–Crippen LogP) is 3.86. The Hall–Kier alpha value is -2.25. The first-order chi connectivity index (χ1) is 11.4. The van der Waals surface area contributed by atoms with Gasteiger partial charge in [-0.1, -0.05) is 12.1 Å². The normalized spacial score (nSPS) is 21.3.